The lowest BCUT2D eigenvalue weighted by molar-refractivity contribution is -0.141. The molecule has 0 amide bonds. The molecule has 4 rings (SSSR count). The van der Waals surface area contributed by atoms with Crippen LogP contribution in [0.3, 0.4) is 0 Å². The number of hydrogen-bond donors (Lipinski definition) is 2. The number of alkyl halides is 2. The largest absolute Gasteiger partial charge is 0.464 e. The maximum absolute atomic E-state index is 14.8. The van der Waals surface area contributed by atoms with Crippen LogP contribution in [0.1, 0.15) is 18.3 Å². The Kier molecular flexibility index (Phi) is 7.28. The van der Waals surface area contributed by atoms with Gasteiger partial charge in [-0.2, -0.15) is 18.9 Å². The molecule has 0 spiro atoms. The molecule has 2 N–H and O–H groups in total. The molecule has 5 atom stereocenters. The van der Waals surface area contributed by atoms with Gasteiger partial charge in [-0.05, 0) is 37.3 Å². The zero-order chi connectivity index (χ0) is 25.4. The number of aromatic nitrogens is 2. The second-order valence-corrected chi connectivity index (χ2v) is 10.0. The van der Waals surface area contributed by atoms with Gasteiger partial charge >= 0.3 is 25.3 Å². The Balaban J connectivity index is 1.53. The molecule has 0 bridgehead atoms. The van der Waals surface area contributed by atoms with Crippen LogP contribution in [0, 0.1) is 6.92 Å². The van der Waals surface area contributed by atoms with E-state index in [-0.39, 0.29) is 18.8 Å². The number of aryl methyl sites for hydroxylation is 1. The number of halogens is 3. The van der Waals surface area contributed by atoms with Gasteiger partial charge in [0.15, 0.2) is 6.10 Å². The zero-order valence-corrected chi connectivity index (χ0v) is 19.8. The monoisotopic (exact) mass is 535 g/mol. The van der Waals surface area contributed by atoms with Crippen LogP contribution in [0.4, 0.5) is 8.78 Å². The van der Waals surface area contributed by atoms with Crippen molar-refractivity contribution in [2.45, 2.75) is 43.7 Å². The first-order valence-electron chi connectivity index (χ1n) is 10.4. The van der Waals surface area contributed by atoms with Crippen LogP contribution in [0.5, 0.6) is 5.75 Å². The van der Waals surface area contributed by atoms with Crippen molar-refractivity contribution in [2.24, 2.45) is 0 Å². The van der Waals surface area contributed by atoms with Crippen LogP contribution < -0.4 is 15.3 Å². The predicted octanol–water partition coefficient (Wildman–Crippen LogP) is 2.21. The Morgan fingerprint density at radius 2 is 2.03 bits per heavy atom. The van der Waals surface area contributed by atoms with E-state index in [2.05, 4.69) is 10.1 Å². The molecule has 0 saturated carbocycles. The standard InChI is InChI=1S/C20H21ClF2N3O8P/c1-11-6-8-26(19(29)24-11)18-20(22,23)16(27)15(33-18)10-32-35(30,25-14-7-9-31-17(14)28)34-13-4-2-12(21)3-5-13/h2-6,8,14-16,18,27H,7,9-10H2,1H3,(H,25,30)/t14-,15?,16+,18+,35?/m0/s1. The van der Waals surface area contributed by atoms with Crippen LogP contribution in [-0.2, 0) is 23.4 Å². The smallest absolute Gasteiger partial charge is 0.459 e. The number of hydrogen-bond acceptors (Lipinski definition) is 9. The molecule has 2 fully saturated rings. The van der Waals surface area contributed by atoms with E-state index in [9.17, 15) is 28.0 Å². The summed E-state index contributed by atoms with van der Waals surface area (Å²) >= 11 is 5.84. The Bertz CT molecular complexity index is 1200. The van der Waals surface area contributed by atoms with E-state index in [1.807, 2.05) is 0 Å². The van der Waals surface area contributed by atoms with E-state index < -0.39 is 56.4 Å². The van der Waals surface area contributed by atoms with Gasteiger partial charge in [0.2, 0.25) is 6.23 Å². The summed E-state index contributed by atoms with van der Waals surface area (Å²) in [7, 11) is -4.38. The van der Waals surface area contributed by atoms with Gasteiger partial charge in [-0.25, -0.2) is 9.36 Å². The number of benzene rings is 1. The van der Waals surface area contributed by atoms with E-state index in [0.29, 0.717) is 15.3 Å². The van der Waals surface area contributed by atoms with Crippen molar-refractivity contribution in [3.8, 4) is 5.75 Å². The number of aliphatic hydroxyl groups excluding tert-OH is 1. The van der Waals surface area contributed by atoms with Gasteiger partial charge in [0.25, 0.3) is 0 Å². The fourth-order valence-corrected chi connectivity index (χ4v) is 5.15. The molecular weight excluding hydrogens is 515 g/mol. The lowest BCUT2D eigenvalue weighted by Crippen LogP contribution is -2.42. The van der Waals surface area contributed by atoms with Crippen molar-refractivity contribution < 1.29 is 41.8 Å². The van der Waals surface area contributed by atoms with E-state index in [1.165, 1.54) is 37.3 Å². The quantitative estimate of drug-likeness (QED) is 0.382. The Morgan fingerprint density at radius 3 is 2.66 bits per heavy atom. The van der Waals surface area contributed by atoms with Gasteiger partial charge in [0.1, 0.15) is 17.9 Å². The van der Waals surface area contributed by atoms with Crippen molar-refractivity contribution >= 4 is 25.3 Å². The maximum atomic E-state index is 14.8. The highest BCUT2D eigenvalue weighted by molar-refractivity contribution is 7.52. The Hall–Kier alpha value is -2.41. The van der Waals surface area contributed by atoms with Crippen molar-refractivity contribution in [3.05, 3.63) is 57.7 Å². The lowest BCUT2D eigenvalue weighted by Gasteiger charge is -2.24. The molecule has 0 aliphatic carbocycles. The van der Waals surface area contributed by atoms with Crippen LogP contribution in [0.25, 0.3) is 0 Å². The summed E-state index contributed by atoms with van der Waals surface area (Å²) in [4.78, 5) is 27.6. The van der Waals surface area contributed by atoms with Gasteiger partial charge in [-0.15, -0.1) is 0 Å². The number of esters is 1. The lowest BCUT2D eigenvalue weighted by atomic mass is 10.1. The van der Waals surface area contributed by atoms with E-state index >= 15 is 0 Å². The molecule has 2 aromatic rings. The number of rotatable bonds is 8. The van der Waals surface area contributed by atoms with Gasteiger partial charge in [-0.1, -0.05) is 11.6 Å². The topological polar surface area (TPSA) is 138 Å². The molecule has 35 heavy (non-hydrogen) atoms. The van der Waals surface area contributed by atoms with E-state index in [1.54, 1.807) is 0 Å². The number of ether oxygens (including phenoxy) is 2. The van der Waals surface area contributed by atoms with E-state index in [0.717, 1.165) is 6.20 Å². The van der Waals surface area contributed by atoms with E-state index in [4.69, 9.17) is 30.1 Å². The average Bonchev–Trinajstić information content (AvgIpc) is 3.29. The third-order valence-electron chi connectivity index (χ3n) is 5.30. The first-order valence-corrected chi connectivity index (χ1v) is 12.3. The highest BCUT2D eigenvalue weighted by atomic mass is 35.5. The molecule has 0 radical (unpaired) electrons. The zero-order valence-electron chi connectivity index (χ0n) is 18.2. The Morgan fingerprint density at radius 1 is 1.31 bits per heavy atom. The minimum Gasteiger partial charge on any atom is -0.464 e. The first-order chi connectivity index (χ1) is 16.5. The molecular formula is C20H21ClF2N3O8P. The normalized spacial score (nSPS) is 27.4. The average molecular weight is 536 g/mol. The number of carbonyl (C=O) groups is 1. The van der Waals surface area contributed by atoms with Gasteiger partial charge in [-0.3, -0.25) is 13.9 Å². The molecule has 1 aromatic carbocycles. The van der Waals surface area contributed by atoms with Crippen molar-refractivity contribution in [1.82, 2.24) is 14.6 Å². The molecule has 3 heterocycles. The molecule has 2 aliphatic rings. The SMILES string of the molecule is Cc1ccn([C@@H]2OC(COP(=O)(N[C@H]3CCOC3=O)Oc3ccc(Cl)cc3)[C@@H](O)C2(F)F)c(=O)n1. The van der Waals surface area contributed by atoms with Crippen molar-refractivity contribution in [3.63, 3.8) is 0 Å². The van der Waals surface area contributed by atoms with Gasteiger partial charge < -0.3 is 19.1 Å². The molecule has 1 aromatic heterocycles. The fourth-order valence-electron chi connectivity index (χ4n) is 3.48. The fraction of sp³-hybridized carbons (Fsp3) is 0.450. The number of nitrogens with one attached hydrogen (secondary N) is 1. The van der Waals surface area contributed by atoms with Crippen LogP contribution >= 0.6 is 19.3 Å². The molecule has 11 nitrogen and oxygen atoms in total. The predicted molar refractivity (Wildman–Crippen MR) is 116 cm³/mol. The van der Waals surface area contributed by atoms with Gasteiger partial charge in [0.05, 0.1) is 13.2 Å². The second-order valence-electron chi connectivity index (χ2n) is 7.88. The highest BCUT2D eigenvalue weighted by Crippen LogP contribution is 2.48. The summed E-state index contributed by atoms with van der Waals surface area (Å²) in [5.74, 6) is -4.55. The molecule has 15 heteroatoms. The third-order valence-corrected chi connectivity index (χ3v) is 7.12. The number of cyclic esters (lactones) is 1. The maximum Gasteiger partial charge on any atom is 0.459 e. The highest BCUT2D eigenvalue weighted by Gasteiger charge is 2.60. The van der Waals surface area contributed by atoms with Crippen molar-refractivity contribution in [2.75, 3.05) is 13.2 Å². The third kappa shape index (κ3) is 5.55. The molecule has 2 aliphatic heterocycles. The molecule has 2 saturated heterocycles. The summed E-state index contributed by atoms with van der Waals surface area (Å²) in [6.07, 6.45) is -5.06. The van der Waals surface area contributed by atoms with Crippen LogP contribution in [0.15, 0.2) is 41.3 Å². The summed E-state index contributed by atoms with van der Waals surface area (Å²) in [5.41, 5.74) is -0.689. The molecule has 2 unspecified atom stereocenters. The number of nitrogens with zero attached hydrogens (tertiary/aromatic N) is 2. The summed E-state index contributed by atoms with van der Waals surface area (Å²) < 4.78 is 64.4. The minimum atomic E-state index is -4.38. The number of carbonyl (C=O) groups excluding carboxylic acids is 1. The van der Waals surface area contributed by atoms with Crippen LogP contribution in [-0.4, -0.2) is 58.0 Å². The summed E-state index contributed by atoms with van der Waals surface area (Å²) in [5, 5.41) is 13.0. The van der Waals surface area contributed by atoms with Gasteiger partial charge in [0, 0.05) is 23.3 Å². The molecule has 190 valence electrons. The van der Waals surface area contributed by atoms with Crippen LogP contribution in [0.2, 0.25) is 5.02 Å². The summed E-state index contributed by atoms with van der Waals surface area (Å²) in [6, 6.07) is 5.97. The van der Waals surface area contributed by atoms with Crippen molar-refractivity contribution in [1.29, 1.82) is 0 Å². The number of aliphatic hydroxyl groups is 1. The first kappa shape index (κ1) is 25.7. The Labute approximate surface area is 202 Å². The minimum absolute atomic E-state index is 0.0463. The summed E-state index contributed by atoms with van der Waals surface area (Å²) in [6.45, 7) is 0.756. The second kappa shape index (κ2) is 9.92.